The van der Waals surface area contributed by atoms with Gasteiger partial charge in [-0.05, 0) is 174 Å². The SMILES string of the molecule is CCC(C)(C)C(=O)OC(C)C.CCC(C)(C)C(=O)OC(C)C.CCC(C)(C)C(=O)OCCO.CCC(C)(C)C(=O)OCCO.CCC(C)(C)C(=O)OCC[N+](C)(C)Cc1ccc(C(=O)c2ccccc2)cc1.CCC(C)(C)C(=O)Oc1ccc(C(=O)c2ccccc2)cc1.[Br-]. The van der Waals surface area contributed by atoms with E-state index in [4.69, 9.17) is 38.6 Å². The molecule has 4 rings (SSSR count). The molecule has 0 spiro atoms. The van der Waals surface area contributed by atoms with Crippen LogP contribution in [0.2, 0.25) is 0 Å². The Morgan fingerprint density at radius 3 is 0.926 bits per heavy atom. The molecule has 0 aliphatic rings. The number of esters is 6. The molecule has 0 bridgehead atoms. The second-order valence-corrected chi connectivity index (χ2v) is 28.0. The zero-order valence-corrected chi connectivity index (χ0v) is 63.8. The molecule has 0 aliphatic carbocycles. The molecule has 0 aliphatic heterocycles. The normalized spacial score (nSPS) is 11.4. The molecule has 0 saturated heterocycles. The Hall–Kier alpha value is -6.60. The minimum atomic E-state index is -0.515. The van der Waals surface area contributed by atoms with Crippen LogP contribution in [0, 0.1) is 32.5 Å². The maximum absolute atomic E-state index is 12.5. The number of benzene rings is 4. The van der Waals surface area contributed by atoms with Crippen molar-refractivity contribution in [2.75, 3.05) is 53.7 Å². The van der Waals surface area contributed by atoms with Gasteiger partial charge in [-0.15, -0.1) is 0 Å². The van der Waals surface area contributed by atoms with Crippen molar-refractivity contribution in [1.29, 1.82) is 0 Å². The van der Waals surface area contributed by atoms with Crippen molar-refractivity contribution >= 4 is 47.4 Å². The number of hydrogen-bond donors (Lipinski definition) is 2. The number of likely N-dealkylation sites (N-methyl/N-ethyl adjacent to an activating group) is 1. The van der Waals surface area contributed by atoms with Crippen molar-refractivity contribution in [2.45, 2.75) is 210 Å². The van der Waals surface area contributed by atoms with Crippen LogP contribution < -0.4 is 21.7 Å². The summed E-state index contributed by atoms with van der Waals surface area (Å²) in [6.07, 6.45) is 4.59. The van der Waals surface area contributed by atoms with Gasteiger partial charge < -0.3 is 60.1 Å². The van der Waals surface area contributed by atoms with Gasteiger partial charge in [-0.2, -0.15) is 0 Å². The van der Waals surface area contributed by atoms with Crippen molar-refractivity contribution in [3.63, 3.8) is 0 Å². The largest absolute Gasteiger partial charge is 1.00 e. The zero-order chi connectivity index (χ0) is 72.9. The molecule has 0 unspecified atom stereocenters. The van der Waals surface area contributed by atoms with Crippen LogP contribution in [0.3, 0.4) is 0 Å². The molecule has 0 aromatic heterocycles. The summed E-state index contributed by atoms with van der Waals surface area (Å²) < 4.78 is 31.2. The molecule has 0 heterocycles. The van der Waals surface area contributed by atoms with Crippen molar-refractivity contribution in [2.24, 2.45) is 32.5 Å². The summed E-state index contributed by atoms with van der Waals surface area (Å²) in [5.74, 6) is -0.654. The molecule has 95 heavy (non-hydrogen) atoms. The number of quaternary nitrogens is 1. The first kappa shape index (κ1) is 92.6. The van der Waals surface area contributed by atoms with Gasteiger partial charge in [0.1, 0.15) is 38.7 Å². The smallest absolute Gasteiger partial charge is 0.316 e. The number of rotatable bonds is 28. The summed E-state index contributed by atoms with van der Waals surface area (Å²) in [5.41, 5.74) is 1.30. The van der Waals surface area contributed by atoms with Gasteiger partial charge in [0.15, 0.2) is 11.6 Å². The van der Waals surface area contributed by atoms with Gasteiger partial charge in [-0.3, -0.25) is 38.4 Å². The van der Waals surface area contributed by atoms with E-state index in [0.29, 0.717) is 45.5 Å². The highest BCUT2D eigenvalue weighted by Gasteiger charge is 2.32. The lowest BCUT2D eigenvalue weighted by Gasteiger charge is -2.30. The molecule has 536 valence electrons. The van der Waals surface area contributed by atoms with Crippen LogP contribution in [0.15, 0.2) is 109 Å². The zero-order valence-electron chi connectivity index (χ0n) is 62.2. The molecule has 0 fully saturated rings. The highest BCUT2D eigenvalue weighted by Crippen LogP contribution is 2.27. The van der Waals surface area contributed by atoms with Gasteiger partial charge in [-0.1, -0.05) is 126 Å². The lowest BCUT2D eigenvalue weighted by molar-refractivity contribution is -0.903. The van der Waals surface area contributed by atoms with Crippen molar-refractivity contribution in [3.05, 3.63) is 137 Å². The molecular weight excluding hydrogens is 1270 g/mol. The van der Waals surface area contributed by atoms with Crippen LogP contribution in [0.5, 0.6) is 5.75 Å². The molecule has 4 aromatic rings. The number of halogens is 1. The Balaban J connectivity index is -0.00000113. The highest BCUT2D eigenvalue weighted by atomic mass is 79.9. The van der Waals surface area contributed by atoms with E-state index in [2.05, 4.69) is 14.1 Å². The summed E-state index contributed by atoms with van der Waals surface area (Å²) in [7, 11) is 4.23. The first-order chi connectivity index (χ1) is 43.5. The minimum absolute atomic E-state index is 0. The number of hydrogen-bond acceptors (Lipinski definition) is 16. The molecule has 0 atom stereocenters. The summed E-state index contributed by atoms with van der Waals surface area (Å²) in [5, 5.41) is 16.8. The average Bonchev–Trinajstić information content (AvgIpc) is 0.924. The average molecular weight is 1400 g/mol. The number of carbonyl (C=O) groups is 8. The fourth-order valence-electron chi connectivity index (χ4n) is 6.63. The second-order valence-electron chi connectivity index (χ2n) is 28.0. The highest BCUT2D eigenvalue weighted by molar-refractivity contribution is 6.09. The quantitative estimate of drug-likeness (QED) is 0.0177. The molecule has 18 heteroatoms. The Morgan fingerprint density at radius 1 is 0.379 bits per heavy atom. The van der Waals surface area contributed by atoms with Gasteiger partial charge in [0.2, 0.25) is 0 Å². The predicted octanol–water partition coefficient (Wildman–Crippen LogP) is 12.4. The molecule has 0 amide bonds. The van der Waals surface area contributed by atoms with E-state index in [1.807, 2.05) is 225 Å². The van der Waals surface area contributed by atoms with E-state index in [1.165, 1.54) is 0 Å². The van der Waals surface area contributed by atoms with Gasteiger partial charge in [0.25, 0.3) is 0 Å². The summed E-state index contributed by atoms with van der Waals surface area (Å²) in [6.45, 7) is 43.6. The molecule has 2 N–H and O–H groups in total. The third-order valence-electron chi connectivity index (χ3n) is 16.1. The first-order valence-electron chi connectivity index (χ1n) is 33.0. The lowest BCUT2D eigenvalue weighted by atomic mass is 9.91. The molecule has 0 radical (unpaired) electrons. The van der Waals surface area contributed by atoms with E-state index in [1.54, 1.807) is 36.4 Å². The molecule has 0 saturated carbocycles. The van der Waals surface area contributed by atoms with Crippen LogP contribution in [0.25, 0.3) is 0 Å². The molecule has 17 nitrogen and oxygen atoms in total. The number of aliphatic hydroxyl groups is 2. The second kappa shape index (κ2) is 45.0. The van der Waals surface area contributed by atoms with Crippen LogP contribution >= 0.6 is 0 Å². The number of ether oxygens (including phenoxy) is 6. The number of nitrogens with zero attached hydrogens (tertiary/aromatic N) is 1. The van der Waals surface area contributed by atoms with Crippen LogP contribution in [-0.4, -0.2) is 128 Å². The topological polar surface area (TPSA) is 232 Å². The number of aliphatic hydroxyl groups excluding tert-OH is 2. The van der Waals surface area contributed by atoms with E-state index in [9.17, 15) is 38.4 Å². The van der Waals surface area contributed by atoms with Gasteiger partial charge in [0, 0.05) is 27.8 Å². The minimum Gasteiger partial charge on any atom is -1.00 e. The van der Waals surface area contributed by atoms with E-state index in [-0.39, 0.29) is 114 Å². The summed E-state index contributed by atoms with van der Waals surface area (Å²) in [4.78, 5) is 93.7. The predicted molar refractivity (Wildman–Crippen MR) is 373 cm³/mol. The number of ketones is 2. The van der Waals surface area contributed by atoms with Crippen LogP contribution in [0.1, 0.15) is 228 Å². The Morgan fingerprint density at radius 2 is 0.642 bits per heavy atom. The third-order valence-corrected chi connectivity index (χ3v) is 16.1. The first-order valence-corrected chi connectivity index (χ1v) is 33.0. The Kier molecular flexibility index (Phi) is 43.9. The van der Waals surface area contributed by atoms with Gasteiger partial charge >= 0.3 is 35.8 Å². The van der Waals surface area contributed by atoms with E-state index in [0.717, 1.165) is 50.8 Å². The molecule has 4 aromatic carbocycles. The lowest BCUT2D eigenvalue weighted by Crippen LogP contribution is -3.00. The summed E-state index contributed by atoms with van der Waals surface area (Å²) in [6, 6.07) is 32.8. The van der Waals surface area contributed by atoms with Crippen LogP contribution in [0.4, 0.5) is 0 Å². The Labute approximate surface area is 581 Å². The van der Waals surface area contributed by atoms with Crippen LogP contribution in [-0.2, 0) is 59.0 Å². The van der Waals surface area contributed by atoms with Crippen molar-refractivity contribution in [1.82, 2.24) is 0 Å². The van der Waals surface area contributed by atoms with E-state index < -0.39 is 21.7 Å². The maximum atomic E-state index is 12.5. The Bertz CT molecular complexity index is 2810. The van der Waals surface area contributed by atoms with E-state index >= 15 is 0 Å². The number of carbonyl (C=O) groups excluding carboxylic acids is 8. The maximum Gasteiger partial charge on any atom is 0.316 e. The van der Waals surface area contributed by atoms with Gasteiger partial charge in [-0.25, -0.2) is 0 Å². The van der Waals surface area contributed by atoms with Gasteiger partial charge in [0.05, 0.1) is 72.0 Å². The monoisotopic (exact) mass is 1390 g/mol. The standard InChI is InChI=1S/C24H32NO3.C19H20O3.2C9H18O2.2C8H16O3.BrH/c1-6-24(2,3)23(27)28-17-16-25(4,5)18-19-12-14-21(15-13-19)22(26)20-10-8-7-9-11-20;1-4-19(2,3)18(21)22-16-12-10-15(11-13-16)17(20)14-8-6-5-7-9-14;2*1-6-9(4,5)8(10)11-7(2)3;2*1-4-8(2,3)7(10)11-6-5-9;/h7-15H,6,16-18H2,1-5H3;5-13H,4H2,1-3H3;2*7H,6H2,1-5H3;2*9H,4-6H2,1-3H3;1H/q+1;;;;;;/p-1. The van der Waals surface area contributed by atoms with Crippen molar-refractivity contribution in [3.8, 4) is 5.75 Å². The molecular formula is C77H120BrNO16. The fraction of sp³-hybridized carbons (Fsp3) is 0.584. The third kappa shape index (κ3) is 36.9. The fourth-order valence-corrected chi connectivity index (χ4v) is 6.63. The van der Waals surface area contributed by atoms with Crippen molar-refractivity contribution < 1.29 is 98.5 Å². The summed E-state index contributed by atoms with van der Waals surface area (Å²) >= 11 is 0.